The first-order chi connectivity index (χ1) is 8.71. The summed E-state index contributed by atoms with van der Waals surface area (Å²) in [5, 5.41) is 13.1. The lowest BCUT2D eigenvalue weighted by atomic mass is 10.1. The van der Waals surface area contributed by atoms with Crippen molar-refractivity contribution in [2.45, 2.75) is 25.9 Å². The number of aliphatic hydroxyl groups excluding tert-OH is 1. The van der Waals surface area contributed by atoms with Crippen molar-refractivity contribution in [2.24, 2.45) is 0 Å². The predicted octanol–water partition coefficient (Wildman–Crippen LogP) is 2.77. The van der Waals surface area contributed by atoms with Crippen LogP contribution in [0.5, 0.6) is 5.75 Å². The highest BCUT2D eigenvalue weighted by atomic mass is 35.5. The van der Waals surface area contributed by atoms with E-state index in [1.807, 2.05) is 19.1 Å². The van der Waals surface area contributed by atoms with Crippen LogP contribution in [0.1, 0.15) is 18.9 Å². The lowest BCUT2D eigenvalue weighted by Gasteiger charge is -2.16. The summed E-state index contributed by atoms with van der Waals surface area (Å²) in [5.41, 5.74) is 0.983. The number of benzene rings is 1. The average Bonchev–Trinajstić information content (AvgIpc) is 2.39. The van der Waals surface area contributed by atoms with E-state index in [4.69, 9.17) is 21.4 Å². The molecule has 0 unspecified atom stereocenters. The van der Waals surface area contributed by atoms with E-state index < -0.39 is 0 Å². The van der Waals surface area contributed by atoms with Gasteiger partial charge in [-0.3, -0.25) is 0 Å². The predicted molar refractivity (Wildman–Crippen MR) is 75.1 cm³/mol. The van der Waals surface area contributed by atoms with E-state index in [1.54, 1.807) is 12.1 Å². The smallest absolute Gasteiger partial charge is 0.124 e. The summed E-state index contributed by atoms with van der Waals surface area (Å²) in [4.78, 5) is 0. The average molecular weight is 270 g/mol. The molecule has 0 aliphatic carbocycles. The number of rotatable bonds is 8. The zero-order valence-electron chi connectivity index (χ0n) is 10.7. The fourth-order valence-corrected chi connectivity index (χ4v) is 1.76. The van der Waals surface area contributed by atoms with Crippen molar-refractivity contribution in [2.75, 3.05) is 13.2 Å². The molecule has 0 bridgehead atoms. The topological polar surface area (TPSA) is 41.5 Å². The molecule has 0 saturated carbocycles. The molecule has 0 saturated heterocycles. The minimum absolute atomic E-state index is 0.0937. The Morgan fingerprint density at radius 3 is 2.94 bits per heavy atom. The van der Waals surface area contributed by atoms with E-state index >= 15 is 0 Å². The number of aliphatic hydroxyl groups is 1. The van der Waals surface area contributed by atoms with Gasteiger partial charge in [0.15, 0.2) is 0 Å². The van der Waals surface area contributed by atoms with Crippen LogP contribution in [0.4, 0.5) is 0 Å². The van der Waals surface area contributed by atoms with Gasteiger partial charge in [-0.15, -0.1) is 0 Å². The molecule has 0 fully saturated rings. The summed E-state index contributed by atoms with van der Waals surface area (Å²) in [5.74, 6) is 0.791. The molecule has 0 aromatic heterocycles. The van der Waals surface area contributed by atoms with Crippen molar-refractivity contribution >= 4 is 11.6 Å². The Bertz CT molecular complexity index is 378. The van der Waals surface area contributed by atoms with Crippen LogP contribution in [0.15, 0.2) is 30.9 Å². The van der Waals surface area contributed by atoms with E-state index in [0.29, 0.717) is 18.2 Å². The maximum absolute atomic E-state index is 9.14. The molecular weight excluding hydrogens is 250 g/mol. The molecule has 1 aromatic carbocycles. The number of hydrogen-bond acceptors (Lipinski definition) is 3. The van der Waals surface area contributed by atoms with Gasteiger partial charge in [0, 0.05) is 23.2 Å². The summed E-state index contributed by atoms with van der Waals surface area (Å²) in [6.45, 7) is 6.86. The maximum Gasteiger partial charge on any atom is 0.124 e. The zero-order valence-corrected chi connectivity index (χ0v) is 11.4. The lowest BCUT2D eigenvalue weighted by Crippen LogP contribution is -2.31. The van der Waals surface area contributed by atoms with Gasteiger partial charge in [-0.1, -0.05) is 31.2 Å². The maximum atomic E-state index is 9.14. The van der Waals surface area contributed by atoms with Crippen molar-refractivity contribution in [1.82, 2.24) is 5.32 Å². The van der Waals surface area contributed by atoms with Crippen molar-refractivity contribution in [1.29, 1.82) is 0 Å². The molecule has 1 rings (SSSR count). The highest BCUT2D eigenvalue weighted by molar-refractivity contribution is 6.30. The molecule has 2 N–H and O–H groups in total. The molecule has 0 aliphatic heterocycles. The van der Waals surface area contributed by atoms with Gasteiger partial charge in [-0.05, 0) is 24.6 Å². The Labute approximate surface area is 113 Å². The monoisotopic (exact) mass is 269 g/mol. The van der Waals surface area contributed by atoms with Gasteiger partial charge >= 0.3 is 0 Å². The highest BCUT2D eigenvalue weighted by Crippen LogP contribution is 2.23. The minimum atomic E-state index is 0.0937. The fraction of sp³-hybridized carbons (Fsp3) is 0.429. The molecule has 1 aromatic rings. The van der Waals surface area contributed by atoms with Crippen molar-refractivity contribution in [3.05, 3.63) is 41.4 Å². The summed E-state index contributed by atoms with van der Waals surface area (Å²) >= 11 is 5.98. The molecule has 0 radical (unpaired) electrons. The van der Waals surface area contributed by atoms with Crippen LogP contribution in [-0.2, 0) is 6.54 Å². The molecule has 0 aliphatic rings. The standard InChI is InChI=1S/C14H20ClNO2/c1-3-7-18-14-6-5-12(15)8-11(14)9-16-13(4-2)10-17/h3,5-6,8,13,16-17H,1,4,7,9-10H2,2H3/t13-/m0/s1. The second-order valence-electron chi connectivity index (χ2n) is 4.02. The van der Waals surface area contributed by atoms with Crippen LogP contribution in [0.2, 0.25) is 5.02 Å². The second-order valence-corrected chi connectivity index (χ2v) is 4.46. The molecule has 0 amide bonds. The summed E-state index contributed by atoms with van der Waals surface area (Å²) in [7, 11) is 0. The Kier molecular flexibility index (Phi) is 6.80. The van der Waals surface area contributed by atoms with Crippen LogP contribution in [-0.4, -0.2) is 24.4 Å². The van der Waals surface area contributed by atoms with Gasteiger partial charge < -0.3 is 15.2 Å². The normalized spacial score (nSPS) is 12.2. The van der Waals surface area contributed by atoms with Crippen LogP contribution >= 0.6 is 11.6 Å². The minimum Gasteiger partial charge on any atom is -0.489 e. The highest BCUT2D eigenvalue weighted by Gasteiger charge is 2.08. The molecule has 1 atom stereocenters. The van der Waals surface area contributed by atoms with E-state index in [1.165, 1.54) is 0 Å². The van der Waals surface area contributed by atoms with Crippen LogP contribution < -0.4 is 10.1 Å². The van der Waals surface area contributed by atoms with Crippen LogP contribution in [0.25, 0.3) is 0 Å². The first-order valence-corrected chi connectivity index (χ1v) is 6.45. The van der Waals surface area contributed by atoms with Gasteiger partial charge in [0.25, 0.3) is 0 Å². The van der Waals surface area contributed by atoms with Gasteiger partial charge in [-0.2, -0.15) is 0 Å². The summed E-state index contributed by atoms with van der Waals surface area (Å²) in [6, 6.07) is 5.61. The van der Waals surface area contributed by atoms with Crippen molar-refractivity contribution in [3.63, 3.8) is 0 Å². The molecule has 0 spiro atoms. The zero-order chi connectivity index (χ0) is 13.4. The van der Waals surface area contributed by atoms with Crippen molar-refractivity contribution < 1.29 is 9.84 Å². The third-order valence-corrected chi connectivity index (χ3v) is 2.91. The van der Waals surface area contributed by atoms with E-state index in [0.717, 1.165) is 17.7 Å². The van der Waals surface area contributed by atoms with E-state index in [-0.39, 0.29) is 12.6 Å². The SMILES string of the molecule is C=CCOc1ccc(Cl)cc1CN[C@@H](CC)CO. The number of hydrogen-bond donors (Lipinski definition) is 2. The van der Waals surface area contributed by atoms with Gasteiger partial charge in [0.1, 0.15) is 12.4 Å². The summed E-state index contributed by atoms with van der Waals surface area (Å²) in [6.07, 6.45) is 2.58. The first kappa shape index (κ1) is 15.0. The van der Waals surface area contributed by atoms with Crippen LogP contribution in [0, 0.1) is 0 Å². The molecule has 3 nitrogen and oxygen atoms in total. The second kappa shape index (κ2) is 8.14. The Morgan fingerprint density at radius 1 is 1.56 bits per heavy atom. The Morgan fingerprint density at radius 2 is 2.33 bits per heavy atom. The quantitative estimate of drug-likeness (QED) is 0.713. The lowest BCUT2D eigenvalue weighted by molar-refractivity contribution is 0.237. The van der Waals surface area contributed by atoms with Gasteiger partial charge in [-0.25, -0.2) is 0 Å². The Hall–Kier alpha value is -1.03. The van der Waals surface area contributed by atoms with Gasteiger partial charge in [0.2, 0.25) is 0 Å². The van der Waals surface area contributed by atoms with Crippen LogP contribution in [0.3, 0.4) is 0 Å². The van der Waals surface area contributed by atoms with E-state index in [9.17, 15) is 0 Å². The molecule has 100 valence electrons. The third-order valence-electron chi connectivity index (χ3n) is 2.67. The molecular formula is C14H20ClNO2. The molecule has 4 heteroatoms. The number of halogens is 1. The summed E-state index contributed by atoms with van der Waals surface area (Å²) < 4.78 is 5.56. The van der Waals surface area contributed by atoms with Gasteiger partial charge in [0.05, 0.1) is 6.61 Å². The first-order valence-electron chi connectivity index (χ1n) is 6.07. The Balaban J connectivity index is 2.71. The molecule has 18 heavy (non-hydrogen) atoms. The third kappa shape index (κ3) is 4.69. The number of nitrogens with one attached hydrogen (secondary N) is 1. The van der Waals surface area contributed by atoms with Crippen molar-refractivity contribution in [3.8, 4) is 5.75 Å². The fourth-order valence-electron chi connectivity index (χ4n) is 1.57. The largest absolute Gasteiger partial charge is 0.489 e. The molecule has 0 heterocycles. The number of ether oxygens (including phenoxy) is 1. The van der Waals surface area contributed by atoms with E-state index in [2.05, 4.69) is 11.9 Å².